The average molecular weight is 378 g/mol. The predicted molar refractivity (Wildman–Crippen MR) is 107 cm³/mol. The third kappa shape index (κ3) is 3.65. The van der Waals surface area contributed by atoms with Gasteiger partial charge in [0.2, 0.25) is 0 Å². The molecule has 0 radical (unpaired) electrons. The van der Waals surface area contributed by atoms with Crippen LogP contribution in [-0.2, 0) is 12.2 Å². The molecule has 2 aromatic carbocycles. The molecular formula is C22H22N2O2S. The van der Waals surface area contributed by atoms with Gasteiger partial charge >= 0.3 is 0 Å². The topological polar surface area (TPSA) is 55.1 Å². The number of fused-ring (bicyclic) bond motifs is 1. The molecule has 4 nitrogen and oxygen atoms in total. The Morgan fingerprint density at radius 1 is 1.19 bits per heavy atom. The highest BCUT2D eigenvalue weighted by molar-refractivity contribution is 7.98. The standard InChI is InChI=1S/C22H22N2O2S/c1-14-19(15(2)26-24-14)13-27-21-10-6-5-9-18(21)22(25)23-20-12-11-16-7-3-4-8-17(16)20/h3-10,20H,11-13H2,1-2H3,(H,23,25). The van der Waals surface area contributed by atoms with E-state index in [4.69, 9.17) is 4.52 Å². The van der Waals surface area contributed by atoms with Gasteiger partial charge in [-0.15, -0.1) is 11.8 Å². The number of benzene rings is 2. The van der Waals surface area contributed by atoms with Gasteiger partial charge in [0.15, 0.2) is 0 Å². The summed E-state index contributed by atoms with van der Waals surface area (Å²) in [6.07, 6.45) is 1.98. The molecule has 27 heavy (non-hydrogen) atoms. The van der Waals surface area contributed by atoms with Crippen LogP contribution in [0.25, 0.3) is 0 Å². The van der Waals surface area contributed by atoms with E-state index >= 15 is 0 Å². The number of thioether (sulfide) groups is 1. The Hall–Kier alpha value is -2.53. The molecule has 1 heterocycles. The van der Waals surface area contributed by atoms with E-state index in [0.29, 0.717) is 0 Å². The fraction of sp³-hybridized carbons (Fsp3) is 0.273. The molecule has 1 N–H and O–H groups in total. The van der Waals surface area contributed by atoms with Gasteiger partial charge in [-0.05, 0) is 49.9 Å². The van der Waals surface area contributed by atoms with Crippen molar-refractivity contribution >= 4 is 17.7 Å². The minimum absolute atomic E-state index is 0.0152. The molecule has 1 unspecified atom stereocenters. The second-order valence-corrected chi connectivity index (χ2v) is 7.87. The first kappa shape index (κ1) is 17.9. The molecule has 5 heteroatoms. The molecule has 0 aliphatic heterocycles. The molecular weight excluding hydrogens is 356 g/mol. The maximum Gasteiger partial charge on any atom is 0.252 e. The monoisotopic (exact) mass is 378 g/mol. The van der Waals surface area contributed by atoms with Crippen LogP contribution in [0.15, 0.2) is 57.9 Å². The molecule has 1 aliphatic rings. The SMILES string of the molecule is Cc1noc(C)c1CSc1ccccc1C(=O)NC1CCc2ccccc21. The number of carbonyl (C=O) groups is 1. The number of nitrogens with zero attached hydrogens (tertiary/aromatic N) is 1. The van der Waals surface area contributed by atoms with Crippen molar-refractivity contribution in [2.45, 2.75) is 43.4 Å². The molecule has 1 atom stereocenters. The van der Waals surface area contributed by atoms with E-state index in [1.807, 2.05) is 44.2 Å². The van der Waals surface area contributed by atoms with Crippen molar-refractivity contribution in [3.05, 3.63) is 82.2 Å². The van der Waals surface area contributed by atoms with Crippen LogP contribution in [0.5, 0.6) is 0 Å². The Balaban J connectivity index is 1.50. The second-order valence-electron chi connectivity index (χ2n) is 6.85. The van der Waals surface area contributed by atoms with E-state index in [1.165, 1.54) is 11.1 Å². The Kier molecular flexibility index (Phi) is 5.03. The Morgan fingerprint density at radius 2 is 1.96 bits per heavy atom. The van der Waals surface area contributed by atoms with Crippen LogP contribution in [-0.4, -0.2) is 11.1 Å². The van der Waals surface area contributed by atoms with Gasteiger partial charge in [-0.1, -0.05) is 41.6 Å². The molecule has 1 amide bonds. The third-order valence-electron chi connectivity index (χ3n) is 5.12. The Bertz CT molecular complexity index is 960. The minimum atomic E-state index is -0.0152. The highest BCUT2D eigenvalue weighted by Gasteiger charge is 2.24. The molecule has 0 fully saturated rings. The van der Waals surface area contributed by atoms with Crippen LogP contribution in [0.4, 0.5) is 0 Å². The molecule has 1 aliphatic carbocycles. The summed E-state index contributed by atoms with van der Waals surface area (Å²) < 4.78 is 5.24. The molecule has 4 rings (SSSR count). The third-order valence-corrected chi connectivity index (χ3v) is 6.22. The summed E-state index contributed by atoms with van der Waals surface area (Å²) in [5.41, 5.74) is 5.30. The first-order valence-electron chi connectivity index (χ1n) is 9.15. The van der Waals surface area contributed by atoms with E-state index in [9.17, 15) is 4.79 Å². The molecule has 0 bridgehead atoms. The van der Waals surface area contributed by atoms with E-state index < -0.39 is 0 Å². The zero-order valence-electron chi connectivity index (χ0n) is 15.5. The fourth-order valence-electron chi connectivity index (χ4n) is 3.58. The molecule has 1 aromatic heterocycles. The summed E-state index contributed by atoms with van der Waals surface area (Å²) in [5, 5.41) is 7.23. The largest absolute Gasteiger partial charge is 0.361 e. The number of hydrogen-bond acceptors (Lipinski definition) is 4. The number of nitrogens with one attached hydrogen (secondary N) is 1. The summed E-state index contributed by atoms with van der Waals surface area (Å²) in [6.45, 7) is 3.87. The van der Waals surface area contributed by atoms with Crippen molar-refractivity contribution < 1.29 is 9.32 Å². The van der Waals surface area contributed by atoms with Crippen LogP contribution in [0.2, 0.25) is 0 Å². The fourth-order valence-corrected chi connectivity index (χ4v) is 4.78. The molecule has 0 spiro atoms. The molecule has 0 saturated carbocycles. The van der Waals surface area contributed by atoms with E-state index in [2.05, 4.69) is 28.7 Å². The summed E-state index contributed by atoms with van der Waals surface area (Å²) in [7, 11) is 0. The van der Waals surface area contributed by atoms with Gasteiger partial charge in [-0.2, -0.15) is 0 Å². The Morgan fingerprint density at radius 3 is 2.78 bits per heavy atom. The van der Waals surface area contributed by atoms with E-state index in [-0.39, 0.29) is 11.9 Å². The zero-order chi connectivity index (χ0) is 18.8. The van der Waals surface area contributed by atoms with Gasteiger partial charge < -0.3 is 9.84 Å². The smallest absolute Gasteiger partial charge is 0.252 e. The van der Waals surface area contributed by atoms with Crippen LogP contribution < -0.4 is 5.32 Å². The van der Waals surface area contributed by atoms with Crippen molar-refractivity contribution in [1.82, 2.24) is 10.5 Å². The Labute approximate surface area is 163 Å². The summed E-state index contributed by atoms with van der Waals surface area (Å²) in [4.78, 5) is 13.9. The van der Waals surface area contributed by atoms with Gasteiger partial charge in [0.05, 0.1) is 17.3 Å². The zero-order valence-corrected chi connectivity index (χ0v) is 16.3. The first-order valence-corrected chi connectivity index (χ1v) is 10.1. The summed E-state index contributed by atoms with van der Waals surface area (Å²) in [6, 6.07) is 16.2. The maximum atomic E-state index is 13.0. The highest BCUT2D eigenvalue weighted by Crippen LogP contribution is 2.32. The summed E-state index contributed by atoms with van der Waals surface area (Å²) in [5.74, 6) is 1.56. The van der Waals surface area contributed by atoms with Gasteiger partial charge in [0.25, 0.3) is 5.91 Å². The second kappa shape index (κ2) is 7.61. The van der Waals surface area contributed by atoms with Crippen molar-refractivity contribution in [3.8, 4) is 0 Å². The molecule has 138 valence electrons. The lowest BCUT2D eigenvalue weighted by Crippen LogP contribution is -2.27. The van der Waals surface area contributed by atoms with Crippen LogP contribution in [0, 0.1) is 13.8 Å². The van der Waals surface area contributed by atoms with Gasteiger partial charge in [0, 0.05) is 16.2 Å². The highest BCUT2D eigenvalue weighted by atomic mass is 32.2. The first-order chi connectivity index (χ1) is 13.1. The maximum absolute atomic E-state index is 13.0. The van der Waals surface area contributed by atoms with Crippen molar-refractivity contribution in [2.75, 3.05) is 0 Å². The summed E-state index contributed by atoms with van der Waals surface area (Å²) >= 11 is 1.64. The minimum Gasteiger partial charge on any atom is -0.361 e. The van der Waals surface area contributed by atoms with Crippen molar-refractivity contribution in [1.29, 1.82) is 0 Å². The normalized spacial score (nSPS) is 15.6. The lowest BCUT2D eigenvalue weighted by molar-refractivity contribution is 0.0934. The van der Waals surface area contributed by atoms with Crippen LogP contribution in [0.1, 0.15) is 51.0 Å². The lowest BCUT2D eigenvalue weighted by Gasteiger charge is -2.16. The number of amides is 1. The van der Waals surface area contributed by atoms with E-state index in [1.54, 1.807) is 11.8 Å². The van der Waals surface area contributed by atoms with E-state index in [0.717, 1.165) is 46.1 Å². The number of carbonyl (C=O) groups excluding carboxylic acids is 1. The molecule has 3 aromatic rings. The number of rotatable bonds is 5. The van der Waals surface area contributed by atoms with Crippen LogP contribution >= 0.6 is 11.8 Å². The number of aromatic nitrogens is 1. The number of hydrogen-bond donors (Lipinski definition) is 1. The van der Waals surface area contributed by atoms with Gasteiger partial charge in [-0.3, -0.25) is 4.79 Å². The predicted octanol–water partition coefficient (Wildman–Crippen LogP) is 5.00. The van der Waals surface area contributed by atoms with Gasteiger partial charge in [-0.25, -0.2) is 0 Å². The van der Waals surface area contributed by atoms with Crippen molar-refractivity contribution in [3.63, 3.8) is 0 Å². The van der Waals surface area contributed by atoms with Crippen molar-refractivity contribution in [2.24, 2.45) is 0 Å². The van der Waals surface area contributed by atoms with Crippen LogP contribution in [0.3, 0.4) is 0 Å². The number of aryl methyl sites for hydroxylation is 3. The molecule has 0 saturated heterocycles. The average Bonchev–Trinajstić information content (AvgIpc) is 3.24. The quantitative estimate of drug-likeness (QED) is 0.635. The van der Waals surface area contributed by atoms with Gasteiger partial charge in [0.1, 0.15) is 5.76 Å². The lowest BCUT2D eigenvalue weighted by atomic mass is 10.1.